The molecule has 1 aliphatic rings. The lowest BCUT2D eigenvalue weighted by Crippen LogP contribution is -2.38. The van der Waals surface area contributed by atoms with E-state index in [1.807, 2.05) is 0 Å². The molecule has 4 heteroatoms. The van der Waals surface area contributed by atoms with Crippen LogP contribution in [0, 0.1) is 6.92 Å². The number of pyridine rings is 1. The van der Waals surface area contributed by atoms with E-state index in [0.717, 1.165) is 30.7 Å². The third kappa shape index (κ3) is 2.72. The molecule has 20 heavy (non-hydrogen) atoms. The molecule has 0 spiro atoms. The Labute approximate surface area is 120 Å². The topological polar surface area (TPSA) is 46.6 Å². The van der Waals surface area contributed by atoms with Gasteiger partial charge in [0.15, 0.2) is 0 Å². The van der Waals surface area contributed by atoms with E-state index in [1.165, 1.54) is 18.4 Å². The first-order chi connectivity index (χ1) is 9.63. The molecule has 3 rings (SSSR count). The van der Waals surface area contributed by atoms with E-state index in [9.17, 15) is 0 Å². The number of nitrogens with zero attached hydrogens (tertiary/aromatic N) is 3. The summed E-state index contributed by atoms with van der Waals surface area (Å²) in [6.45, 7) is 3.03. The van der Waals surface area contributed by atoms with Crippen molar-refractivity contribution in [2.45, 2.75) is 51.2 Å². The van der Waals surface area contributed by atoms with Gasteiger partial charge in [0.05, 0.1) is 5.69 Å². The van der Waals surface area contributed by atoms with Gasteiger partial charge in [-0.25, -0.2) is 4.98 Å². The van der Waals surface area contributed by atoms with E-state index < -0.39 is 0 Å². The molecule has 0 unspecified atom stereocenters. The SMILES string of the molecule is Cc1cccn2cc(CN(C)C3CCC(N)CC3)nc12. The van der Waals surface area contributed by atoms with E-state index in [1.54, 1.807) is 0 Å². The number of hydrogen-bond acceptors (Lipinski definition) is 3. The maximum absolute atomic E-state index is 5.98. The number of aromatic nitrogens is 2. The van der Waals surface area contributed by atoms with Crippen LogP contribution >= 0.6 is 0 Å². The van der Waals surface area contributed by atoms with Gasteiger partial charge in [-0.15, -0.1) is 0 Å². The molecule has 0 aromatic carbocycles. The summed E-state index contributed by atoms with van der Waals surface area (Å²) in [5, 5.41) is 0. The van der Waals surface area contributed by atoms with Crippen LogP contribution in [-0.4, -0.2) is 33.4 Å². The molecule has 0 aliphatic heterocycles. The van der Waals surface area contributed by atoms with Crippen LogP contribution in [0.15, 0.2) is 24.5 Å². The number of aryl methyl sites for hydroxylation is 1. The Morgan fingerprint density at radius 1 is 1.35 bits per heavy atom. The monoisotopic (exact) mass is 272 g/mol. The van der Waals surface area contributed by atoms with Gasteiger partial charge in [-0.2, -0.15) is 0 Å². The molecule has 108 valence electrons. The van der Waals surface area contributed by atoms with Crippen molar-refractivity contribution in [3.63, 3.8) is 0 Å². The van der Waals surface area contributed by atoms with E-state index in [4.69, 9.17) is 10.7 Å². The molecule has 1 aliphatic carbocycles. The second kappa shape index (κ2) is 5.54. The predicted octanol–water partition coefficient (Wildman–Crippen LogP) is 2.34. The Morgan fingerprint density at radius 3 is 2.80 bits per heavy atom. The zero-order chi connectivity index (χ0) is 14.1. The maximum Gasteiger partial charge on any atom is 0.139 e. The second-order valence-corrected chi connectivity index (χ2v) is 6.14. The van der Waals surface area contributed by atoms with Crippen molar-refractivity contribution in [2.24, 2.45) is 5.73 Å². The molecule has 1 fully saturated rings. The predicted molar refractivity (Wildman–Crippen MR) is 81.6 cm³/mol. The van der Waals surface area contributed by atoms with Gasteiger partial charge >= 0.3 is 0 Å². The third-order valence-electron chi connectivity index (χ3n) is 4.50. The van der Waals surface area contributed by atoms with Crippen LogP contribution in [0.4, 0.5) is 0 Å². The smallest absolute Gasteiger partial charge is 0.139 e. The molecule has 1 saturated carbocycles. The first-order valence-electron chi connectivity index (χ1n) is 7.52. The van der Waals surface area contributed by atoms with Gasteiger partial charge in [0.1, 0.15) is 5.65 Å². The number of rotatable bonds is 3. The summed E-state index contributed by atoms with van der Waals surface area (Å²) in [5.74, 6) is 0. The molecule has 0 atom stereocenters. The lowest BCUT2D eigenvalue weighted by molar-refractivity contribution is 0.175. The number of imidazole rings is 1. The highest BCUT2D eigenvalue weighted by atomic mass is 15.1. The van der Waals surface area contributed by atoms with Gasteiger partial charge in [0.25, 0.3) is 0 Å². The zero-order valence-corrected chi connectivity index (χ0v) is 12.4. The number of hydrogen-bond donors (Lipinski definition) is 1. The highest BCUT2D eigenvalue weighted by Gasteiger charge is 2.22. The van der Waals surface area contributed by atoms with E-state index >= 15 is 0 Å². The van der Waals surface area contributed by atoms with Crippen LogP contribution in [0.3, 0.4) is 0 Å². The molecule has 2 aromatic heterocycles. The summed E-state index contributed by atoms with van der Waals surface area (Å²) >= 11 is 0. The number of nitrogens with two attached hydrogens (primary N) is 1. The summed E-state index contributed by atoms with van der Waals surface area (Å²) in [6.07, 6.45) is 8.94. The van der Waals surface area contributed by atoms with Gasteiger partial charge in [-0.05, 0) is 51.3 Å². The molecule has 0 saturated heterocycles. The first-order valence-corrected chi connectivity index (χ1v) is 7.52. The molecule has 0 radical (unpaired) electrons. The fraction of sp³-hybridized carbons (Fsp3) is 0.562. The molecule has 4 nitrogen and oxygen atoms in total. The highest BCUT2D eigenvalue weighted by molar-refractivity contribution is 5.47. The average Bonchev–Trinajstić information content (AvgIpc) is 2.83. The first kappa shape index (κ1) is 13.6. The molecule has 0 bridgehead atoms. The largest absolute Gasteiger partial charge is 0.328 e. The lowest BCUT2D eigenvalue weighted by Gasteiger charge is -2.33. The fourth-order valence-electron chi connectivity index (χ4n) is 3.21. The minimum Gasteiger partial charge on any atom is -0.328 e. The quantitative estimate of drug-likeness (QED) is 0.933. The van der Waals surface area contributed by atoms with Gasteiger partial charge in [-0.3, -0.25) is 4.90 Å². The Hall–Kier alpha value is -1.39. The minimum absolute atomic E-state index is 0.414. The van der Waals surface area contributed by atoms with Gasteiger partial charge in [-0.1, -0.05) is 6.07 Å². The molecule has 2 N–H and O–H groups in total. The standard InChI is InChI=1S/C16H24N4/c1-12-4-3-9-20-11-14(18-16(12)20)10-19(2)15-7-5-13(17)6-8-15/h3-4,9,11,13,15H,5-8,10,17H2,1-2H3. The summed E-state index contributed by atoms with van der Waals surface area (Å²) in [7, 11) is 2.21. The molecular weight excluding hydrogens is 248 g/mol. The van der Waals surface area contributed by atoms with E-state index in [0.29, 0.717) is 12.1 Å². The molecule has 2 aromatic rings. The lowest BCUT2D eigenvalue weighted by atomic mass is 9.91. The summed E-state index contributed by atoms with van der Waals surface area (Å²) in [6, 6.07) is 5.25. The Balaban J connectivity index is 1.71. The van der Waals surface area contributed by atoms with Gasteiger partial charge < -0.3 is 10.1 Å². The Bertz CT molecular complexity index is 581. The second-order valence-electron chi connectivity index (χ2n) is 6.14. The van der Waals surface area contributed by atoms with E-state index in [2.05, 4.69) is 47.8 Å². The normalized spacial score (nSPS) is 23.6. The maximum atomic E-state index is 5.98. The van der Waals surface area contributed by atoms with Crippen molar-refractivity contribution < 1.29 is 0 Å². The highest BCUT2D eigenvalue weighted by Crippen LogP contribution is 2.22. The minimum atomic E-state index is 0.414. The third-order valence-corrected chi connectivity index (χ3v) is 4.50. The molecule has 0 amide bonds. The fourth-order valence-corrected chi connectivity index (χ4v) is 3.21. The van der Waals surface area contributed by atoms with Crippen molar-refractivity contribution in [3.8, 4) is 0 Å². The van der Waals surface area contributed by atoms with Crippen LogP contribution in [0.2, 0.25) is 0 Å². The van der Waals surface area contributed by atoms with Crippen molar-refractivity contribution in [3.05, 3.63) is 35.8 Å². The Kier molecular flexibility index (Phi) is 3.76. The van der Waals surface area contributed by atoms with E-state index in [-0.39, 0.29) is 0 Å². The summed E-state index contributed by atoms with van der Waals surface area (Å²) < 4.78 is 2.12. The van der Waals surface area contributed by atoms with Crippen molar-refractivity contribution in [2.75, 3.05) is 7.05 Å². The van der Waals surface area contributed by atoms with Crippen molar-refractivity contribution >= 4 is 5.65 Å². The molecular formula is C16H24N4. The van der Waals surface area contributed by atoms with Crippen LogP contribution in [0.1, 0.15) is 36.9 Å². The Morgan fingerprint density at radius 2 is 2.10 bits per heavy atom. The van der Waals surface area contributed by atoms with Crippen molar-refractivity contribution in [1.82, 2.24) is 14.3 Å². The number of fused-ring (bicyclic) bond motifs is 1. The summed E-state index contributed by atoms with van der Waals surface area (Å²) in [5.41, 5.74) is 9.43. The zero-order valence-electron chi connectivity index (χ0n) is 12.4. The molecule has 2 heterocycles. The van der Waals surface area contributed by atoms with Crippen molar-refractivity contribution in [1.29, 1.82) is 0 Å². The van der Waals surface area contributed by atoms with Gasteiger partial charge in [0.2, 0.25) is 0 Å². The van der Waals surface area contributed by atoms with Gasteiger partial charge in [0, 0.05) is 31.0 Å². The van der Waals surface area contributed by atoms with Crippen LogP contribution in [0.25, 0.3) is 5.65 Å². The summed E-state index contributed by atoms with van der Waals surface area (Å²) in [4.78, 5) is 7.19. The van der Waals surface area contributed by atoms with Crippen LogP contribution < -0.4 is 5.73 Å². The average molecular weight is 272 g/mol. The van der Waals surface area contributed by atoms with Crippen LogP contribution in [0.5, 0.6) is 0 Å². The van der Waals surface area contributed by atoms with Crippen LogP contribution in [-0.2, 0) is 6.54 Å².